The highest BCUT2D eigenvalue weighted by molar-refractivity contribution is 5.68. The van der Waals surface area contributed by atoms with E-state index in [4.69, 9.17) is 9.47 Å². The van der Waals surface area contributed by atoms with Crippen molar-refractivity contribution in [3.8, 4) is 0 Å². The molecule has 0 saturated heterocycles. The number of alkyl carbamates (subject to hydrolysis) is 1. The van der Waals surface area contributed by atoms with Crippen LogP contribution >= 0.6 is 0 Å². The van der Waals surface area contributed by atoms with Crippen LogP contribution in [0.3, 0.4) is 0 Å². The van der Waals surface area contributed by atoms with Gasteiger partial charge in [-0.25, -0.2) is 4.79 Å². The Labute approximate surface area is 134 Å². The van der Waals surface area contributed by atoms with Crippen molar-refractivity contribution < 1.29 is 14.3 Å². The van der Waals surface area contributed by atoms with Gasteiger partial charge in [-0.05, 0) is 31.7 Å². The molecule has 0 fully saturated rings. The summed E-state index contributed by atoms with van der Waals surface area (Å²) in [6, 6.07) is 9.87. The zero-order valence-corrected chi connectivity index (χ0v) is 14.6. The molecule has 1 N–H and O–H groups in total. The van der Waals surface area contributed by atoms with Gasteiger partial charge >= 0.3 is 6.09 Å². The fourth-order valence-electron chi connectivity index (χ4n) is 1.83. The highest BCUT2D eigenvalue weighted by Gasteiger charge is 2.28. The molecule has 4 heteroatoms. The molecule has 0 heterocycles. The monoisotopic (exact) mass is 307 g/mol. The molecule has 1 aromatic carbocycles. The number of hydrogen-bond acceptors (Lipinski definition) is 3. The lowest BCUT2D eigenvalue weighted by Crippen LogP contribution is -2.48. The van der Waals surface area contributed by atoms with Crippen molar-refractivity contribution >= 4 is 6.09 Å². The summed E-state index contributed by atoms with van der Waals surface area (Å²) in [4.78, 5) is 12.0. The summed E-state index contributed by atoms with van der Waals surface area (Å²) in [5.74, 6) is 0. The third-order valence-corrected chi connectivity index (χ3v) is 3.13. The number of rotatable bonds is 5. The van der Waals surface area contributed by atoms with Crippen molar-refractivity contribution in [1.29, 1.82) is 0 Å². The molecule has 1 aromatic rings. The molecule has 22 heavy (non-hydrogen) atoms. The van der Waals surface area contributed by atoms with Gasteiger partial charge in [0.1, 0.15) is 5.60 Å². The summed E-state index contributed by atoms with van der Waals surface area (Å²) in [6.45, 7) is 12.7. The van der Waals surface area contributed by atoms with E-state index in [1.165, 1.54) is 0 Å². The second-order valence-corrected chi connectivity index (χ2v) is 7.57. The van der Waals surface area contributed by atoms with Crippen molar-refractivity contribution in [1.82, 2.24) is 5.32 Å². The average molecular weight is 307 g/mol. The van der Waals surface area contributed by atoms with E-state index >= 15 is 0 Å². The Morgan fingerprint density at radius 2 is 1.68 bits per heavy atom. The molecule has 0 aliphatic heterocycles. The van der Waals surface area contributed by atoms with Crippen LogP contribution < -0.4 is 5.32 Å². The molecule has 124 valence electrons. The lowest BCUT2D eigenvalue weighted by atomic mass is 9.87. The smallest absolute Gasteiger partial charge is 0.407 e. The fourth-order valence-corrected chi connectivity index (χ4v) is 1.83. The molecule has 0 unspecified atom stereocenters. The molecular formula is C18H29NO3. The number of hydrogen-bond donors (Lipinski definition) is 1. The molecule has 4 nitrogen and oxygen atoms in total. The minimum absolute atomic E-state index is 0.117. The molecular weight excluding hydrogens is 278 g/mol. The van der Waals surface area contributed by atoms with Gasteiger partial charge in [0.25, 0.3) is 0 Å². The molecule has 0 aromatic heterocycles. The van der Waals surface area contributed by atoms with Crippen molar-refractivity contribution in [3.63, 3.8) is 0 Å². The highest BCUT2D eigenvalue weighted by Crippen LogP contribution is 2.20. The zero-order chi connectivity index (χ0) is 16.8. The lowest BCUT2D eigenvalue weighted by molar-refractivity contribution is 0.0302. The van der Waals surface area contributed by atoms with Crippen LogP contribution in [-0.2, 0) is 16.1 Å². The largest absolute Gasteiger partial charge is 0.444 e. The van der Waals surface area contributed by atoms with E-state index in [9.17, 15) is 4.79 Å². The molecule has 0 bridgehead atoms. The maximum Gasteiger partial charge on any atom is 0.407 e. The van der Waals surface area contributed by atoms with E-state index in [1.807, 2.05) is 51.1 Å². The Morgan fingerprint density at radius 3 is 2.18 bits per heavy atom. The first-order valence-electron chi connectivity index (χ1n) is 7.69. The van der Waals surface area contributed by atoms with Crippen LogP contribution in [0.15, 0.2) is 30.3 Å². The van der Waals surface area contributed by atoms with Gasteiger partial charge in [0.2, 0.25) is 0 Å². The number of carbonyl (C=O) groups is 1. The van der Waals surface area contributed by atoms with Crippen molar-refractivity contribution in [2.24, 2.45) is 5.41 Å². The van der Waals surface area contributed by atoms with Gasteiger partial charge in [0, 0.05) is 0 Å². The Morgan fingerprint density at radius 1 is 1.09 bits per heavy atom. The maximum atomic E-state index is 12.0. The van der Waals surface area contributed by atoms with Crippen LogP contribution in [-0.4, -0.2) is 24.3 Å². The normalized spacial score (nSPS) is 13.5. The van der Waals surface area contributed by atoms with Gasteiger partial charge in [-0.15, -0.1) is 0 Å². The zero-order valence-electron chi connectivity index (χ0n) is 14.6. The standard InChI is InChI=1S/C18H29NO3/c1-17(2,3)15(19-16(20)22-18(4,5)6)13-21-12-14-10-8-7-9-11-14/h7-11,15H,12-13H2,1-6H3,(H,19,20)/t15-/m1/s1. The molecule has 0 aliphatic rings. The van der Waals surface area contributed by atoms with Crippen molar-refractivity contribution in [2.75, 3.05) is 6.61 Å². The van der Waals surface area contributed by atoms with Gasteiger partial charge in [-0.1, -0.05) is 51.1 Å². The average Bonchev–Trinajstić information content (AvgIpc) is 2.35. The lowest BCUT2D eigenvalue weighted by Gasteiger charge is -2.32. The second kappa shape index (κ2) is 7.63. The maximum absolute atomic E-state index is 12.0. The summed E-state index contributed by atoms with van der Waals surface area (Å²) in [5, 5.41) is 2.91. The van der Waals surface area contributed by atoms with Gasteiger partial charge in [-0.2, -0.15) is 0 Å². The number of amides is 1. The van der Waals surface area contributed by atoms with Gasteiger partial charge in [0.15, 0.2) is 0 Å². The first-order chi connectivity index (χ1) is 10.1. The van der Waals surface area contributed by atoms with Crippen LogP contribution in [0.1, 0.15) is 47.1 Å². The van der Waals surface area contributed by atoms with E-state index < -0.39 is 11.7 Å². The third-order valence-electron chi connectivity index (χ3n) is 3.13. The van der Waals surface area contributed by atoms with E-state index in [1.54, 1.807) is 0 Å². The van der Waals surface area contributed by atoms with E-state index in [2.05, 4.69) is 26.1 Å². The minimum Gasteiger partial charge on any atom is -0.444 e. The van der Waals surface area contributed by atoms with Gasteiger partial charge in [0.05, 0.1) is 19.3 Å². The highest BCUT2D eigenvalue weighted by atomic mass is 16.6. The van der Waals surface area contributed by atoms with Crippen molar-refractivity contribution in [2.45, 2.75) is 59.8 Å². The van der Waals surface area contributed by atoms with E-state index in [0.717, 1.165) is 5.56 Å². The van der Waals surface area contributed by atoms with Gasteiger partial charge in [-0.3, -0.25) is 0 Å². The Hall–Kier alpha value is -1.55. The summed E-state index contributed by atoms with van der Waals surface area (Å²) in [6.07, 6.45) is -0.407. The Bertz CT molecular complexity index is 457. The summed E-state index contributed by atoms with van der Waals surface area (Å²) >= 11 is 0. The summed E-state index contributed by atoms with van der Waals surface area (Å²) < 4.78 is 11.1. The number of nitrogens with one attached hydrogen (secondary N) is 1. The van der Waals surface area contributed by atoms with Crippen molar-refractivity contribution in [3.05, 3.63) is 35.9 Å². The second-order valence-electron chi connectivity index (χ2n) is 7.57. The van der Waals surface area contributed by atoms with Crippen LogP contribution in [0.5, 0.6) is 0 Å². The van der Waals surface area contributed by atoms with Crippen LogP contribution in [0.4, 0.5) is 4.79 Å². The minimum atomic E-state index is -0.503. The van der Waals surface area contributed by atoms with Crippen LogP contribution in [0.2, 0.25) is 0 Å². The fraction of sp³-hybridized carbons (Fsp3) is 0.611. The molecule has 1 amide bonds. The Balaban J connectivity index is 2.53. The molecule has 1 rings (SSSR count). The molecule has 1 atom stereocenters. The van der Waals surface area contributed by atoms with Crippen LogP contribution in [0, 0.1) is 5.41 Å². The molecule has 0 aliphatic carbocycles. The molecule has 0 radical (unpaired) electrons. The topological polar surface area (TPSA) is 47.6 Å². The van der Waals surface area contributed by atoms with Gasteiger partial charge < -0.3 is 14.8 Å². The van der Waals surface area contributed by atoms with Crippen LogP contribution in [0.25, 0.3) is 0 Å². The SMILES string of the molecule is CC(C)(C)OC(=O)N[C@H](COCc1ccccc1)C(C)(C)C. The first-order valence-corrected chi connectivity index (χ1v) is 7.69. The third kappa shape index (κ3) is 7.46. The molecule has 0 saturated carbocycles. The quantitative estimate of drug-likeness (QED) is 0.889. The number of ether oxygens (including phenoxy) is 2. The first kappa shape index (κ1) is 18.5. The summed E-state index contributed by atoms with van der Waals surface area (Å²) in [5.41, 5.74) is 0.498. The number of carbonyl (C=O) groups excluding carboxylic acids is 1. The summed E-state index contributed by atoms with van der Waals surface area (Å²) in [7, 11) is 0. The predicted molar refractivity (Wildman–Crippen MR) is 88.7 cm³/mol. The molecule has 0 spiro atoms. The number of benzene rings is 1. The predicted octanol–water partition coefficient (Wildman–Crippen LogP) is 4.14. The van der Waals surface area contributed by atoms with E-state index in [0.29, 0.717) is 13.2 Å². The van der Waals surface area contributed by atoms with E-state index in [-0.39, 0.29) is 11.5 Å². The Kier molecular flexibility index (Phi) is 6.42.